The van der Waals surface area contributed by atoms with Crippen molar-refractivity contribution in [3.8, 4) is 5.69 Å². The molecule has 0 saturated heterocycles. The van der Waals surface area contributed by atoms with E-state index < -0.39 is 11.1 Å². The van der Waals surface area contributed by atoms with Crippen LogP contribution in [0.5, 0.6) is 0 Å². The Balaban J connectivity index is 1.60. The van der Waals surface area contributed by atoms with Crippen molar-refractivity contribution in [2.45, 2.75) is 33.4 Å². The topological polar surface area (TPSA) is 102 Å². The molecule has 2 aromatic carbocycles. The van der Waals surface area contributed by atoms with Crippen molar-refractivity contribution < 1.29 is 9.18 Å². The molecule has 9 heteroatoms. The number of nitrogens with zero attached hydrogens (tertiary/aromatic N) is 3. The zero-order valence-electron chi connectivity index (χ0n) is 17.8. The Labute approximate surface area is 182 Å². The maximum Gasteiger partial charge on any atom is 0.316 e. The van der Waals surface area contributed by atoms with E-state index in [0.717, 1.165) is 11.3 Å². The lowest BCUT2D eigenvalue weighted by molar-refractivity contribution is 0.0940. The highest BCUT2D eigenvalue weighted by Gasteiger charge is 2.18. The lowest BCUT2D eigenvalue weighted by Gasteiger charge is -2.15. The van der Waals surface area contributed by atoms with Gasteiger partial charge in [-0.15, -0.1) is 0 Å². The largest absolute Gasteiger partial charge is 0.345 e. The first-order valence-corrected chi connectivity index (χ1v) is 10.2. The second-order valence-corrected chi connectivity index (χ2v) is 7.50. The van der Waals surface area contributed by atoms with Crippen LogP contribution < -0.4 is 16.4 Å². The van der Waals surface area contributed by atoms with Crippen LogP contribution in [-0.4, -0.2) is 25.2 Å². The van der Waals surface area contributed by atoms with Crippen LogP contribution in [0.25, 0.3) is 16.7 Å². The van der Waals surface area contributed by atoms with Crippen molar-refractivity contribution in [2.75, 3.05) is 0 Å². The van der Waals surface area contributed by atoms with Crippen molar-refractivity contribution in [1.82, 2.24) is 24.6 Å². The van der Waals surface area contributed by atoms with Gasteiger partial charge < -0.3 is 14.9 Å². The Bertz CT molecular complexity index is 1430. The summed E-state index contributed by atoms with van der Waals surface area (Å²) in [6, 6.07) is 10.5. The number of aromatic amines is 1. The summed E-state index contributed by atoms with van der Waals surface area (Å²) in [5, 5.41) is 7.30. The zero-order valence-corrected chi connectivity index (χ0v) is 17.8. The van der Waals surface area contributed by atoms with Gasteiger partial charge in [-0.25, -0.2) is 9.07 Å². The van der Waals surface area contributed by atoms with Gasteiger partial charge in [-0.3, -0.25) is 14.4 Å². The summed E-state index contributed by atoms with van der Waals surface area (Å²) in [5.74, 6) is -0.657. The molecule has 4 aromatic rings. The average Bonchev–Trinajstić information content (AvgIpc) is 3.16. The number of fused-ring (bicyclic) bond motifs is 1. The summed E-state index contributed by atoms with van der Waals surface area (Å²) in [6.45, 7) is 5.84. The van der Waals surface area contributed by atoms with Crippen LogP contribution in [0.3, 0.4) is 0 Å². The van der Waals surface area contributed by atoms with E-state index in [0.29, 0.717) is 28.8 Å². The SMILES string of the molecule is CCn1c(=O)c(=O)[nH]c2cc(C(=O)N[C@@H](C)c3cnn(-c4ccc(F)cc4)c3C)ccc21. The van der Waals surface area contributed by atoms with Gasteiger partial charge in [0.05, 0.1) is 29.0 Å². The summed E-state index contributed by atoms with van der Waals surface area (Å²) in [7, 11) is 0. The predicted octanol–water partition coefficient (Wildman–Crippen LogP) is 2.83. The minimum Gasteiger partial charge on any atom is -0.345 e. The van der Waals surface area contributed by atoms with Crippen molar-refractivity contribution in [3.05, 3.63) is 92.0 Å². The van der Waals surface area contributed by atoms with Crippen LogP contribution in [0.15, 0.2) is 58.3 Å². The molecule has 32 heavy (non-hydrogen) atoms. The summed E-state index contributed by atoms with van der Waals surface area (Å²) in [4.78, 5) is 39.3. The third-order valence-corrected chi connectivity index (χ3v) is 5.49. The van der Waals surface area contributed by atoms with Gasteiger partial charge in [0.2, 0.25) is 0 Å². The van der Waals surface area contributed by atoms with E-state index in [1.54, 1.807) is 48.1 Å². The Kier molecular flexibility index (Phi) is 5.48. The molecule has 0 aliphatic rings. The number of carbonyl (C=O) groups is 1. The number of hydrogen-bond acceptors (Lipinski definition) is 4. The first kappa shape index (κ1) is 21.2. The molecule has 0 radical (unpaired) electrons. The molecule has 4 rings (SSSR count). The molecule has 2 aromatic heterocycles. The lowest BCUT2D eigenvalue weighted by Crippen LogP contribution is -2.36. The van der Waals surface area contributed by atoms with Crippen LogP contribution in [0.2, 0.25) is 0 Å². The van der Waals surface area contributed by atoms with Crippen molar-refractivity contribution in [3.63, 3.8) is 0 Å². The quantitative estimate of drug-likeness (QED) is 0.471. The second kappa shape index (κ2) is 8.26. The fourth-order valence-corrected chi connectivity index (χ4v) is 3.78. The molecule has 2 heterocycles. The molecular weight excluding hydrogens is 413 g/mol. The molecule has 2 N–H and O–H groups in total. The highest BCUT2D eigenvalue weighted by atomic mass is 19.1. The number of hydrogen-bond donors (Lipinski definition) is 2. The van der Waals surface area contributed by atoms with Crippen molar-refractivity contribution in [1.29, 1.82) is 0 Å². The molecule has 0 fully saturated rings. The second-order valence-electron chi connectivity index (χ2n) is 7.50. The number of aromatic nitrogens is 4. The number of halogens is 1. The smallest absolute Gasteiger partial charge is 0.316 e. The highest BCUT2D eigenvalue weighted by molar-refractivity contribution is 5.97. The molecule has 0 aliphatic carbocycles. The van der Waals surface area contributed by atoms with E-state index in [1.807, 2.05) is 13.8 Å². The first-order chi connectivity index (χ1) is 15.3. The van der Waals surface area contributed by atoms with Gasteiger partial charge in [-0.1, -0.05) is 0 Å². The molecule has 1 amide bonds. The minimum atomic E-state index is -0.728. The van der Waals surface area contributed by atoms with Crippen LogP contribution in [0.4, 0.5) is 4.39 Å². The van der Waals surface area contributed by atoms with E-state index >= 15 is 0 Å². The molecule has 0 spiro atoms. The normalized spacial score (nSPS) is 12.1. The van der Waals surface area contributed by atoms with Crippen molar-refractivity contribution >= 4 is 16.9 Å². The molecule has 0 aliphatic heterocycles. The van der Waals surface area contributed by atoms with Gasteiger partial charge in [0.1, 0.15) is 5.82 Å². The number of nitrogens with one attached hydrogen (secondary N) is 2. The fourth-order valence-electron chi connectivity index (χ4n) is 3.78. The van der Waals surface area contributed by atoms with Gasteiger partial charge in [0, 0.05) is 23.4 Å². The molecule has 8 nitrogen and oxygen atoms in total. The van der Waals surface area contributed by atoms with E-state index in [1.165, 1.54) is 16.7 Å². The molecule has 0 unspecified atom stereocenters. The van der Waals surface area contributed by atoms with Crippen LogP contribution >= 0.6 is 0 Å². The molecule has 164 valence electrons. The van der Waals surface area contributed by atoms with E-state index in [9.17, 15) is 18.8 Å². The summed E-state index contributed by atoms with van der Waals surface area (Å²) in [5.41, 5.74) is 2.32. The Morgan fingerprint density at radius 1 is 1.19 bits per heavy atom. The number of benzene rings is 2. The monoisotopic (exact) mass is 435 g/mol. The third-order valence-electron chi connectivity index (χ3n) is 5.49. The fraction of sp³-hybridized carbons (Fsp3) is 0.217. The van der Waals surface area contributed by atoms with E-state index in [-0.39, 0.29) is 17.8 Å². The Morgan fingerprint density at radius 2 is 1.91 bits per heavy atom. The maximum atomic E-state index is 13.2. The third kappa shape index (κ3) is 3.73. The number of aryl methyl sites for hydroxylation is 1. The number of rotatable bonds is 5. The minimum absolute atomic E-state index is 0.327. The standard InChI is InChI=1S/C23H22FN5O3/c1-4-28-20-10-5-15(11-19(20)27-22(31)23(28)32)21(30)26-13(2)18-12-25-29(14(18)3)17-8-6-16(24)7-9-17/h5-13H,4H2,1-3H3,(H,26,30)(H,27,31)/t13-/m0/s1. The number of carbonyl (C=O) groups excluding carboxylic acids is 1. The predicted molar refractivity (Wildman–Crippen MR) is 119 cm³/mol. The summed E-state index contributed by atoms with van der Waals surface area (Å²) >= 11 is 0. The first-order valence-electron chi connectivity index (χ1n) is 10.2. The van der Waals surface area contributed by atoms with E-state index in [4.69, 9.17) is 0 Å². The van der Waals surface area contributed by atoms with Crippen LogP contribution in [-0.2, 0) is 6.54 Å². The summed E-state index contributed by atoms with van der Waals surface area (Å²) < 4.78 is 16.3. The van der Waals surface area contributed by atoms with Crippen LogP contribution in [0, 0.1) is 12.7 Å². The highest BCUT2D eigenvalue weighted by Crippen LogP contribution is 2.21. The lowest BCUT2D eigenvalue weighted by atomic mass is 10.1. The van der Waals surface area contributed by atoms with Crippen LogP contribution in [0.1, 0.15) is 41.5 Å². The number of H-pyrrole nitrogens is 1. The molecule has 0 bridgehead atoms. The average molecular weight is 435 g/mol. The van der Waals surface area contributed by atoms with E-state index in [2.05, 4.69) is 15.4 Å². The maximum absolute atomic E-state index is 13.2. The van der Waals surface area contributed by atoms with Gasteiger partial charge in [0.15, 0.2) is 0 Å². The molecule has 0 saturated carbocycles. The molecule has 1 atom stereocenters. The Hall–Kier alpha value is -4.01. The number of amides is 1. The van der Waals surface area contributed by atoms with Gasteiger partial charge in [0.25, 0.3) is 5.91 Å². The van der Waals surface area contributed by atoms with Gasteiger partial charge in [-0.05, 0) is 63.2 Å². The summed E-state index contributed by atoms with van der Waals surface area (Å²) in [6.07, 6.45) is 1.67. The van der Waals surface area contributed by atoms with Crippen molar-refractivity contribution in [2.24, 2.45) is 0 Å². The zero-order chi connectivity index (χ0) is 23.0. The molecular formula is C23H22FN5O3. The Morgan fingerprint density at radius 3 is 2.59 bits per heavy atom. The van der Waals surface area contributed by atoms with Gasteiger partial charge >= 0.3 is 11.1 Å². The van der Waals surface area contributed by atoms with Gasteiger partial charge in [-0.2, -0.15) is 5.10 Å².